The van der Waals surface area contributed by atoms with E-state index in [-0.39, 0.29) is 23.7 Å². The SMILES string of the molecule is CCS(=O)(=O)Nc1ccc(-c2nn(C)c3c(C#CCCCCCCC(=O)O)cnc(N)c23)cc1F. The minimum Gasteiger partial charge on any atom is -0.481 e. The molecule has 0 aliphatic heterocycles. The van der Waals surface area contributed by atoms with E-state index in [1.165, 1.54) is 19.1 Å². The molecule has 0 unspecified atom stereocenters. The average Bonchev–Trinajstić information content (AvgIpc) is 3.16. The van der Waals surface area contributed by atoms with Crippen LogP contribution in [0.2, 0.25) is 0 Å². The molecular formula is C24H28FN5O4S. The summed E-state index contributed by atoms with van der Waals surface area (Å²) >= 11 is 0. The summed E-state index contributed by atoms with van der Waals surface area (Å²) in [5, 5.41) is 13.7. The van der Waals surface area contributed by atoms with E-state index < -0.39 is 21.8 Å². The second kappa shape index (κ2) is 11.2. The molecule has 35 heavy (non-hydrogen) atoms. The van der Waals surface area contributed by atoms with E-state index in [0.717, 1.165) is 19.3 Å². The predicted octanol–water partition coefficient (Wildman–Crippen LogP) is 3.89. The summed E-state index contributed by atoms with van der Waals surface area (Å²) in [7, 11) is -1.88. The van der Waals surface area contributed by atoms with Crippen molar-refractivity contribution in [1.82, 2.24) is 14.8 Å². The summed E-state index contributed by atoms with van der Waals surface area (Å²) < 4.78 is 42.1. The second-order valence-corrected chi connectivity index (χ2v) is 10.1. The van der Waals surface area contributed by atoms with Gasteiger partial charge in [0.05, 0.1) is 27.9 Å². The summed E-state index contributed by atoms with van der Waals surface area (Å²) in [6.07, 6.45) is 5.70. The number of nitrogens with zero attached hydrogens (tertiary/aromatic N) is 3. The number of aliphatic carboxylic acids is 1. The Hall–Kier alpha value is -3.65. The van der Waals surface area contributed by atoms with Crippen LogP contribution >= 0.6 is 0 Å². The number of carboxylic acids is 1. The van der Waals surface area contributed by atoms with E-state index in [4.69, 9.17) is 10.8 Å². The van der Waals surface area contributed by atoms with Crippen molar-refractivity contribution in [3.8, 4) is 23.1 Å². The molecule has 11 heteroatoms. The molecule has 2 heterocycles. The largest absolute Gasteiger partial charge is 0.481 e. The number of pyridine rings is 1. The highest BCUT2D eigenvalue weighted by Crippen LogP contribution is 2.34. The number of anilines is 2. The average molecular weight is 502 g/mol. The molecule has 0 bridgehead atoms. The number of aryl methyl sites for hydroxylation is 1. The Balaban J connectivity index is 1.84. The minimum absolute atomic E-state index is 0.142. The molecule has 0 aliphatic carbocycles. The van der Waals surface area contributed by atoms with Gasteiger partial charge in [0.1, 0.15) is 17.3 Å². The van der Waals surface area contributed by atoms with Crippen LogP contribution in [-0.2, 0) is 21.9 Å². The number of unbranched alkanes of at least 4 members (excludes halogenated alkanes) is 4. The number of hydrogen-bond acceptors (Lipinski definition) is 6. The Morgan fingerprint density at radius 2 is 2.00 bits per heavy atom. The summed E-state index contributed by atoms with van der Waals surface area (Å²) in [5.74, 6) is 4.77. The molecule has 1 aromatic carbocycles. The lowest BCUT2D eigenvalue weighted by Gasteiger charge is -2.08. The summed E-state index contributed by atoms with van der Waals surface area (Å²) in [5.41, 5.74) is 8.14. The maximum absolute atomic E-state index is 14.7. The Morgan fingerprint density at radius 3 is 2.69 bits per heavy atom. The number of halogens is 1. The van der Waals surface area contributed by atoms with Crippen LogP contribution in [0.5, 0.6) is 0 Å². The van der Waals surface area contributed by atoms with Crippen LogP contribution in [0.15, 0.2) is 24.4 Å². The van der Waals surface area contributed by atoms with Gasteiger partial charge in [-0.1, -0.05) is 30.7 Å². The highest BCUT2D eigenvalue weighted by molar-refractivity contribution is 7.92. The van der Waals surface area contributed by atoms with Gasteiger partial charge < -0.3 is 10.8 Å². The normalized spacial score (nSPS) is 11.3. The molecule has 0 atom stereocenters. The molecule has 0 radical (unpaired) electrons. The number of fused-ring (bicyclic) bond motifs is 1. The molecule has 0 aliphatic rings. The third-order valence-corrected chi connectivity index (χ3v) is 6.74. The smallest absolute Gasteiger partial charge is 0.303 e. The molecule has 4 N–H and O–H groups in total. The summed E-state index contributed by atoms with van der Waals surface area (Å²) in [6.45, 7) is 1.47. The van der Waals surface area contributed by atoms with E-state index in [2.05, 4.69) is 26.6 Å². The third kappa shape index (κ3) is 6.48. The van der Waals surface area contributed by atoms with Crippen molar-refractivity contribution in [1.29, 1.82) is 0 Å². The molecule has 0 fully saturated rings. The van der Waals surface area contributed by atoms with Crippen molar-refractivity contribution < 1.29 is 22.7 Å². The van der Waals surface area contributed by atoms with E-state index in [1.54, 1.807) is 24.0 Å². The molecule has 0 spiro atoms. The first-order chi connectivity index (χ1) is 16.6. The number of carbonyl (C=O) groups is 1. The van der Waals surface area contributed by atoms with Crippen molar-refractivity contribution in [2.45, 2.75) is 45.4 Å². The molecule has 0 saturated heterocycles. The Morgan fingerprint density at radius 1 is 1.26 bits per heavy atom. The molecular weight excluding hydrogens is 473 g/mol. The predicted molar refractivity (Wildman–Crippen MR) is 134 cm³/mol. The highest BCUT2D eigenvalue weighted by Gasteiger charge is 2.19. The van der Waals surface area contributed by atoms with Crippen LogP contribution in [-0.4, -0.2) is 40.0 Å². The first-order valence-corrected chi connectivity index (χ1v) is 12.9. The van der Waals surface area contributed by atoms with Gasteiger partial charge in [-0.15, -0.1) is 0 Å². The number of nitrogens with two attached hydrogens (primary N) is 1. The number of carboxylic acid groups (broad SMARTS) is 1. The molecule has 3 aromatic rings. The molecule has 9 nitrogen and oxygen atoms in total. The van der Waals surface area contributed by atoms with Gasteiger partial charge in [-0.05, 0) is 31.9 Å². The fraction of sp³-hybridized carbons (Fsp3) is 0.375. The van der Waals surface area contributed by atoms with Gasteiger partial charge in [0.25, 0.3) is 0 Å². The lowest BCUT2D eigenvalue weighted by molar-refractivity contribution is -0.137. The lowest BCUT2D eigenvalue weighted by atomic mass is 10.1. The number of nitrogen functional groups attached to an aromatic ring is 1. The lowest BCUT2D eigenvalue weighted by Crippen LogP contribution is -2.15. The monoisotopic (exact) mass is 501 g/mol. The van der Waals surface area contributed by atoms with Crippen LogP contribution in [0.1, 0.15) is 51.0 Å². The van der Waals surface area contributed by atoms with Crippen molar-refractivity contribution in [2.75, 3.05) is 16.2 Å². The van der Waals surface area contributed by atoms with Crippen molar-refractivity contribution >= 4 is 38.4 Å². The topological polar surface area (TPSA) is 140 Å². The molecule has 2 aromatic heterocycles. The van der Waals surface area contributed by atoms with Crippen LogP contribution in [0.25, 0.3) is 22.2 Å². The summed E-state index contributed by atoms with van der Waals surface area (Å²) in [4.78, 5) is 14.8. The van der Waals surface area contributed by atoms with Crippen molar-refractivity contribution in [3.63, 3.8) is 0 Å². The highest BCUT2D eigenvalue weighted by atomic mass is 32.2. The van der Waals surface area contributed by atoms with Gasteiger partial charge in [-0.2, -0.15) is 5.10 Å². The van der Waals surface area contributed by atoms with E-state index >= 15 is 0 Å². The van der Waals surface area contributed by atoms with Gasteiger partial charge in [-0.3, -0.25) is 14.2 Å². The Labute approximate surface area is 203 Å². The van der Waals surface area contributed by atoms with Crippen LogP contribution in [0.3, 0.4) is 0 Å². The molecule has 0 amide bonds. The van der Waals surface area contributed by atoms with Gasteiger partial charge in [0.15, 0.2) is 0 Å². The zero-order chi connectivity index (χ0) is 25.6. The Kier molecular flexibility index (Phi) is 8.30. The van der Waals surface area contributed by atoms with Crippen LogP contribution in [0, 0.1) is 17.7 Å². The standard InChI is InChI=1S/C24H28FN5O4S/c1-3-35(33,34)29-19-13-12-16(14-18(19)25)22-21-23(30(2)28-22)17(15-27-24(21)26)10-8-6-4-5-7-9-11-20(31)32/h12-15,29H,3-7,9,11H2,1-2H3,(H2,26,27)(H,31,32). The maximum atomic E-state index is 14.7. The fourth-order valence-corrected chi connectivity index (χ4v) is 4.26. The van der Waals surface area contributed by atoms with Gasteiger partial charge in [0.2, 0.25) is 10.0 Å². The van der Waals surface area contributed by atoms with E-state index in [0.29, 0.717) is 40.6 Å². The van der Waals surface area contributed by atoms with Gasteiger partial charge >= 0.3 is 5.97 Å². The first-order valence-electron chi connectivity index (χ1n) is 11.2. The number of rotatable bonds is 10. The quantitative estimate of drug-likeness (QED) is 0.283. The number of hydrogen-bond donors (Lipinski definition) is 3. The van der Waals surface area contributed by atoms with E-state index in [1.807, 2.05) is 0 Å². The minimum atomic E-state index is -3.62. The number of sulfonamides is 1. The number of benzene rings is 1. The van der Waals surface area contributed by atoms with Gasteiger partial charge in [-0.25, -0.2) is 17.8 Å². The summed E-state index contributed by atoms with van der Waals surface area (Å²) in [6, 6.07) is 4.13. The van der Waals surface area contributed by atoms with Crippen molar-refractivity contribution in [3.05, 3.63) is 35.8 Å². The van der Waals surface area contributed by atoms with E-state index in [9.17, 15) is 17.6 Å². The molecule has 3 rings (SSSR count). The molecule has 0 saturated carbocycles. The van der Waals surface area contributed by atoms with Crippen LogP contribution < -0.4 is 10.5 Å². The fourth-order valence-electron chi connectivity index (χ4n) is 3.61. The second-order valence-electron chi connectivity index (χ2n) is 8.06. The van der Waals surface area contributed by atoms with Crippen LogP contribution in [0.4, 0.5) is 15.9 Å². The zero-order valence-electron chi connectivity index (χ0n) is 19.6. The Bertz CT molecular complexity index is 1410. The third-order valence-electron chi connectivity index (χ3n) is 5.44. The zero-order valence-corrected chi connectivity index (χ0v) is 20.5. The van der Waals surface area contributed by atoms with Gasteiger partial charge in [0, 0.05) is 31.6 Å². The van der Waals surface area contributed by atoms with Crippen molar-refractivity contribution in [2.24, 2.45) is 7.05 Å². The number of nitrogens with one attached hydrogen (secondary N) is 1. The first kappa shape index (κ1) is 26.0. The number of aromatic nitrogens is 3. The maximum Gasteiger partial charge on any atom is 0.303 e. The molecule has 186 valence electrons.